The number of hydrogen-bond acceptors (Lipinski definition) is 3. The predicted molar refractivity (Wildman–Crippen MR) is 90.9 cm³/mol. The molecule has 0 aromatic heterocycles. The van der Waals surface area contributed by atoms with Gasteiger partial charge in [0, 0.05) is 13.1 Å². The van der Waals surface area contributed by atoms with Crippen LogP contribution in [0.2, 0.25) is 10.0 Å². The van der Waals surface area contributed by atoms with Crippen LogP contribution in [0.4, 0.5) is 0 Å². The maximum Gasteiger partial charge on any atom is 0.340 e. The molecular weight excluding hydrogens is 337 g/mol. The van der Waals surface area contributed by atoms with Crippen molar-refractivity contribution in [3.05, 3.63) is 33.8 Å². The highest BCUT2D eigenvalue weighted by atomic mass is 35.5. The van der Waals surface area contributed by atoms with E-state index in [1.165, 1.54) is 6.07 Å². The molecule has 0 aliphatic heterocycles. The Morgan fingerprint density at radius 3 is 2.52 bits per heavy atom. The highest BCUT2D eigenvalue weighted by Crippen LogP contribution is 2.27. The number of likely N-dealkylation sites (N-methyl/N-ethyl adjacent to an activating group) is 1. The molecule has 126 valence electrons. The molecule has 0 atom stereocenters. The van der Waals surface area contributed by atoms with Crippen molar-refractivity contribution in [2.75, 3.05) is 13.7 Å². The zero-order chi connectivity index (χ0) is 17.0. The van der Waals surface area contributed by atoms with E-state index in [4.69, 9.17) is 27.9 Å². The average molecular weight is 358 g/mol. The molecule has 4 nitrogen and oxygen atoms in total. The van der Waals surface area contributed by atoms with E-state index in [1.807, 2.05) is 0 Å². The third-order valence-electron chi connectivity index (χ3n) is 4.42. The molecule has 1 aliphatic carbocycles. The normalized spacial score (nSPS) is 20.9. The monoisotopic (exact) mass is 357 g/mol. The topological polar surface area (TPSA) is 46.6 Å². The molecule has 0 bridgehead atoms. The Morgan fingerprint density at radius 2 is 1.87 bits per heavy atom. The van der Waals surface area contributed by atoms with Crippen LogP contribution in [0.5, 0.6) is 0 Å². The maximum absolute atomic E-state index is 12.2. The summed E-state index contributed by atoms with van der Waals surface area (Å²) in [4.78, 5) is 25.9. The molecule has 1 aromatic rings. The average Bonchev–Trinajstić information content (AvgIpc) is 2.55. The Balaban J connectivity index is 1.88. The van der Waals surface area contributed by atoms with Gasteiger partial charge in [-0.3, -0.25) is 4.79 Å². The number of hydrogen-bond donors (Lipinski definition) is 0. The summed E-state index contributed by atoms with van der Waals surface area (Å²) >= 11 is 11.8. The predicted octanol–water partition coefficient (Wildman–Crippen LogP) is 4.19. The lowest BCUT2D eigenvalue weighted by Gasteiger charge is -2.33. The molecule has 23 heavy (non-hydrogen) atoms. The van der Waals surface area contributed by atoms with Gasteiger partial charge in [-0.05, 0) is 43.7 Å². The Morgan fingerprint density at radius 1 is 1.22 bits per heavy atom. The van der Waals surface area contributed by atoms with Gasteiger partial charge in [0.15, 0.2) is 6.61 Å². The van der Waals surface area contributed by atoms with Crippen LogP contribution in [0, 0.1) is 5.92 Å². The molecule has 0 saturated heterocycles. The van der Waals surface area contributed by atoms with Gasteiger partial charge >= 0.3 is 5.97 Å². The van der Waals surface area contributed by atoms with Crippen LogP contribution in [-0.4, -0.2) is 36.5 Å². The van der Waals surface area contributed by atoms with Crippen molar-refractivity contribution in [1.82, 2.24) is 4.90 Å². The summed E-state index contributed by atoms with van der Waals surface area (Å²) in [6.07, 6.45) is 4.25. The minimum atomic E-state index is -0.642. The van der Waals surface area contributed by atoms with Crippen molar-refractivity contribution in [3.63, 3.8) is 0 Å². The first-order chi connectivity index (χ1) is 10.9. The SMILES string of the molecule is CC1CCC(N(C)C(=O)COC(=O)c2cccc(Cl)c2Cl)CC1. The Bertz CT molecular complexity index is 583. The first-order valence-corrected chi connectivity index (χ1v) is 8.52. The van der Waals surface area contributed by atoms with Crippen LogP contribution < -0.4 is 0 Å². The van der Waals surface area contributed by atoms with E-state index >= 15 is 0 Å². The minimum absolute atomic E-state index is 0.140. The van der Waals surface area contributed by atoms with E-state index in [9.17, 15) is 9.59 Å². The fraction of sp³-hybridized carbons (Fsp3) is 0.529. The fourth-order valence-corrected chi connectivity index (χ4v) is 3.18. The number of halogens is 2. The second-order valence-corrected chi connectivity index (χ2v) is 6.88. The van der Waals surface area contributed by atoms with Gasteiger partial charge in [0.2, 0.25) is 0 Å². The third-order valence-corrected chi connectivity index (χ3v) is 5.24. The van der Waals surface area contributed by atoms with Crippen molar-refractivity contribution in [2.24, 2.45) is 5.92 Å². The molecule has 1 aromatic carbocycles. The number of benzene rings is 1. The second kappa shape index (κ2) is 8.02. The number of carbonyl (C=O) groups is 2. The summed E-state index contributed by atoms with van der Waals surface area (Å²) in [6, 6.07) is 4.95. The molecule has 0 radical (unpaired) electrons. The molecule has 2 rings (SSSR count). The molecule has 1 saturated carbocycles. The molecule has 1 fully saturated rings. The standard InChI is InChI=1S/C17H21Cl2NO3/c1-11-6-8-12(9-7-11)20(2)15(21)10-23-17(22)13-4-3-5-14(18)16(13)19/h3-5,11-12H,6-10H2,1-2H3. The van der Waals surface area contributed by atoms with E-state index in [-0.39, 0.29) is 34.2 Å². The van der Waals surface area contributed by atoms with E-state index in [0.717, 1.165) is 31.6 Å². The lowest BCUT2D eigenvalue weighted by atomic mass is 9.87. The van der Waals surface area contributed by atoms with E-state index in [2.05, 4.69) is 6.92 Å². The Kier molecular flexibility index (Phi) is 6.31. The summed E-state index contributed by atoms with van der Waals surface area (Å²) in [6.45, 7) is 1.94. The Hall–Kier alpha value is -1.26. The quantitative estimate of drug-likeness (QED) is 0.759. The molecule has 0 N–H and O–H groups in total. The molecule has 1 amide bonds. The maximum atomic E-state index is 12.2. The van der Waals surface area contributed by atoms with Crippen molar-refractivity contribution >= 4 is 35.1 Å². The lowest BCUT2D eigenvalue weighted by Crippen LogP contribution is -2.41. The molecule has 0 spiro atoms. The number of amides is 1. The van der Waals surface area contributed by atoms with Gasteiger partial charge in [-0.2, -0.15) is 0 Å². The van der Waals surface area contributed by atoms with Crippen LogP contribution in [-0.2, 0) is 9.53 Å². The van der Waals surface area contributed by atoms with Crippen LogP contribution in [0.15, 0.2) is 18.2 Å². The number of esters is 1. The molecular formula is C17H21Cl2NO3. The van der Waals surface area contributed by atoms with Crippen molar-refractivity contribution in [2.45, 2.75) is 38.6 Å². The second-order valence-electron chi connectivity index (χ2n) is 6.10. The first-order valence-electron chi connectivity index (χ1n) is 7.77. The minimum Gasteiger partial charge on any atom is -0.452 e. The summed E-state index contributed by atoms with van der Waals surface area (Å²) < 4.78 is 5.09. The highest BCUT2D eigenvalue weighted by Gasteiger charge is 2.25. The van der Waals surface area contributed by atoms with Crippen molar-refractivity contribution in [3.8, 4) is 0 Å². The van der Waals surface area contributed by atoms with Gasteiger partial charge in [-0.1, -0.05) is 36.2 Å². The van der Waals surface area contributed by atoms with Gasteiger partial charge in [0.1, 0.15) is 0 Å². The Labute approximate surface area is 146 Å². The number of rotatable bonds is 4. The number of nitrogens with zero attached hydrogens (tertiary/aromatic N) is 1. The first kappa shape index (κ1) is 18.1. The van der Waals surface area contributed by atoms with Crippen molar-refractivity contribution in [1.29, 1.82) is 0 Å². The largest absolute Gasteiger partial charge is 0.452 e. The summed E-state index contributed by atoms with van der Waals surface area (Å²) in [5.41, 5.74) is 0.168. The van der Waals surface area contributed by atoms with Gasteiger partial charge in [0.05, 0.1) is 15.6 Å². The number of carbonyl (C=O) groups excluding carboxylic acids is 2. The van der Waals surface area contributed by atoms with Crippen molar-refractivity contribution < 1.29 is 14.3 Å². The van der Waals surface area contributed by atoms with Gasteiger partial charge in [-0.15, -0.1) is 0 Å². The zero-order valence-electron chi connectivity index (χ0n) is 13.4. The fourth-order valence-electron chi connectivity index (χ4n) is 2.80. The van der Waals surface area contributed by atoms with Crippen LogP contribution in [0.1, 0.15) is 43.0 Å². The van der Waals surface area contributed by atoms with Gasteiger partial charge in [0.25, 0.3) is 5.91 Å². The zero-order valence-corrected chi connectivity index (χ0v) is 14.9. The summed E-state index contributed by atoms with van der Waals surface area (Å²) in [5.74, 6) is -0.120. The highest BCUT2D eigenvalue weighted by molar-refractivity contribution is 6.43. The summed E-state index contributed by atoms with van der Waals surface area (Å²) in [7, 11) is 1.77. The molecule has 1 aliphatic rings. The van der Waals surface area contributed by atoms with E-state index < -0.39 is 5.97 Å². The van der Waals surface area contributed by atoms with E-state index in [0.29, 0.717) is 0 Å². The van der Waals surface area contributed by atoms with Crippen LogP contribution in [0.25, 0.3) is 0 Å². The van der Waals surface area contributed by atoms with Gasteiger partial charge in [-0.25, -0.2) is 4.79 Å². The lowest BCUT2D eigenvalue weighted by molar-refractivity contribution is -0.136. The molecule has 0 heterocycles. The van der Waals surface area contributed by atoms with Crippen LogP contribution in [0.3, 0.4) is 0 Å². The third kappa shape index (κ3) is 4.61. The molecule has 0 unspecified atom stereocenters. The number of ether oxygens (including phenoxy) is 1. The van der Waals surface area contributed by atoms with Crippen LogP contribution >= 0.6 is 23.2 Å². The van der Waals surface area contributed by atoms with Gasteiger partial charge < -0.3 is 9.64 Å². The molecule has 6 heteroatoms. The summed E-state index contributed by atoms with van der Waals surface area (Å²) in [5, 5.41) is 0.419. The van der Waals surface area contributed by atoms with E-state index in [1.54, 1.807) is 24.1 Å². The smallest absolute Gasteiger partial charge is 0.340 e.